The van der Waals surface area contributed by atoms with Crippen LogP contribution in [0, 0.1) is 0 Å². The van der Waals surface area contributed by atoms with Gasteiger partial charge in [0.15, 0.2) is 0 Å². The van der Waals surface area contributed by atoms with Gasteiger partial charge in [-0.25, -0.2) is 4.79 Å². The van der Waals surface area contributed by atoms with Gasteiger partial charge in [-0.2, -0.15) is 20.8 Å². The second-order valence-electron chi connectivity index (χ2n) is 3.27. The molecular formula is C8H11F2O3S-. The molecule has 3 nitrogen and oxygen atoms in total. The SMILES string of the molecule is O=C(OC1CCCCC1)C(F)(F)S[O-]. The monoisotopic (exact) mass is 225 g/mol. The summed E-state index contributed by atoms with van der Waals surface area (Å²) in [6.45, 7) is 0. The van der Waals surface area contributed by atoms with Crippen LogP contribution in [0.4, 0.5) is 8.78 Å². The highest BCUT2D eigenvalue weighted by atomic mass is 32.2. The van der Waals surface area contributed by atoms with E-state index in [1.165, 1.54) is 0 Å². The first-order valence-corrected chi connectivity index (χ1v) is 5.20. The molecule has 0 spiro atoms. The molecule has 0 bridgehead atoms. The zero-order valence-electron chi connectivity index (χ0n) is 7.50. The Labute approximate surface area is 85.0 Å². The van der Waals surface area contributed by atoms with Crippen molar-refractivity contribution in [3.8, 4) is 0 Å². The number of halogens is 2. The van der Waals surface area contributed by atoms with Gasteiger partial charge in [-0.1, -0.05) is 6.42 Å². The molecule has 0 heterocycles. The predicted molar refractivity (Wildman–Crippen MR) is 46.3 cm³/mol. The van der Waals surface area contributed by atoms with Crippen molar-refractivity contribution in [1.82, 2.24) is 0 Å². The molecular weight excluding hydrogens is 214 g/mol. The van der Waals surface area contributed by atoms with E-state index in [4.69, 9.17) is 0 Å². The summed E-state index contributed by atoms with van der Waals surface area (Å²) in [5.41, 5.74) is 0. The summed E-state index contributed by atoms with van der Waals surface area (Å²) in [5.74, 6) is -1.70. The Bertz CT molecular complexity index is 205. The summed E-state index contributed by atoms with van der Waals surface area (Å²) >= 11 is -1.03. The van der Waals surface area contributed by atoms with Gasteiger partial charge in [0.1, 0.15) is 6.10 Å². The van der Waals surface area contributed by atoms with E-state index < -0.39 is 29.4 Å². The molecule has 1 aliphatic carbocycles. The molecule has 0 saturated heterocycles. The van der Waals surface area contributed by atoms with Crippen molar-refractivity contribution in [1.29, 1.82) is 0 Å². The summed E-state index contributed by atoms with van der Waals surface area (Å²) in [5, 5.41) is -3.95. The first-order valence-electron chi connectivity index (χ1n) is 4.46. The lowest BCUT2D eigenvalue weighted by Crippen LogP contribution is -2.32. The molecule has 1 saturated carbocycles. The van der Waals surface area contributed by atoms with Crippen LogP contribution >= 0.6 is 12.0 Å². The number of carbonyl (C=O) groups excluding carboxylic acids is 1. The van der Waals surface area contributed by atoms with Crippen LogP contribution in [-0.2, 0) is 9.53 Å². The Kier molecular flexibility index (Phi) is 4.12. The largest absolute Gasteiger partial charge is 0.794 e. The third-order valence-electron chi connectivity index (χ3n) is 2.17. The minimum atomic E-state index is -3.95. The summed E-state index contributed by atoms with van der Waals surface area (Å²) in [6, 6.07) is 0. The van der Waals surface area contributed by atoms with Gasteiger partial charge in [-0.3, -0.25) is 0 Å². The lowest BCUT2D eigenvalue weighted by atomic mass is 9.98. The van der Waals surface area contributed by atoms with Crippen molar-refractivity contribution in [3.05, 3.63) is 0 Å². The van der Waals surface area contributed by atoms with Crippen LogP contribution in [0.15, 0.2) is 0 Å². The molecule has 14 heavy (non-hydrogen) atoms. The first-order chi connectivity index (χ1) is 6.56. The summed E-state index contributed by atoms with van der Waals surface area (Å²) in [7, 11) is 0. The van der Waals surface area contributed by atoms with Gasteiger partial charge in [-0.05, 0) is 25.7 Å². The Balaban J connectivity index is 2.39. The first kappa shape index (κ1) is 11.7. The molecule has 0 amide bonds. The Morgan fingerprint density at radius 2 is 1.93 bits per heavy atom. The zero-order valence-corrected chi connectivity index (χ0v) is 8.32. The van der Waals surface area contributed by atoms with E-state index in [0.717, 1.165) is 19.3 Å². The normalized spacial score (nSPS) is 19.4. The molecule has 82 valence electrons. The quantitative estimate of drug-likeness (QED) is 0.546. The van der Waals surface area contributed by atoms with Crippen LogP contribution in [0.5, 0.6) is 0 Å². The number of hydrogen-bond donors (Lipinski definition) is 0. The number of hydrogen-bond acceptors (Lipinski definition) is 4. The van der Waals surface area contributed by atoms with Crippen molar-refractivity contribution in [3.63, 3.8) is 0 Å². The maximum atomic E-state index is 12.5. The van der Waals surface area contributed by atoms with Crippen molar-refractivity contribution < 1.29 is 22.9 Å². The smallest absolute Gasteiger partial charge is 0.387 e. The van der Waals surface area contributed by atoms with Gasteiger partial charge in [0.05, 0.1) is 0 Å². The lowest BCUT2D eigenvalue weighted by Gasteiger charge is -2.25. The third kappa shape index (κ3) is 3.09. The zero-order chi connectivity index (χ0) is 10.6. The van der Waals surface area contributed by atoms with E-state index in [2.05, 4.69) is 4.74 Å². The van der Waals surface area contributed by atoms with Crippen molar-refractivity contribution in [2.45, 2.75) is 43.5 Å². The molecule has 0 aromatic rings. The minimum Gasteiger partial charge on any atom is -0.794 e. The highest BCUT2D eigenvalue weighted by Gasteiger charge is 2.38. The summed E-state index contributed by atoms with van der Waals surface area (Å²) in [6.07, 6.45) is 3.61. The van der Waals surface area contributed by atoms with E-state index in [9.17, 15) is 18.1 Å². The van der Waals surface area contributed by atoms with E-state index in [-0.39, 0.29) is 0 Å². The van der Waals surface area contributed by atoms with Crippen LogP contribution in [-0.4, -0.2) is 21.9 Å². The summed E-state index contributed by atoms with van der Waals surface area (Å²) in [4.78, 5) is 10.8. The van der Waals surface area contributed by atoms with E-state index in [1.807, 2.05) is 0 Å². The highest BCUT2D eigenvalue weighted by Crippen LogP contribution is 2.29. The third-order valence-corrected chi connectivity index (χ3v) is 2.54. The molecule has 0 radical (unpaired) electrons. The molecule has 1 rings (SSSR count). The number of rotatable bonds is 3. The van der Waals surface area contributed by atoms with E-state index >= 15 is 0 Å². The van der Waals surface area contributed by atoms with Crippen LogP contribution in [0.2, 0.25) is 0 Å². The number of esters is 1. The fourth-order valence-electron chi connectivity index (χ4n) is 1.44. The second kappa shape index (κ2) is 4.93. The maximum absolute atomic E-state index is 12.5. The van der Waals surface area contributed by atoms with E-state index in [1.54, 1.807) is 0 Å². The standard InChI is InChI=1S/C8H12F2O3S/c9-8(10,14-12)7(11)13-6-4-2-1-3-5-6/h6,12H,1-5H2/p-1. The fraction of sp³-hybridized carbons (Fsp3) is 0.875. The van der Waals surface area contributed by atoms with Crippen LogP contribution in [0.1, 0.15) is 32.1 Å². The topological polar surface area (TPSA) is 49.4 Å². The molecule has 1 fully saturated rings. The second-order valence-corrected chi connectivity index (χ2v) is 3.94. The molecule has 1 aliphatic rings. The number of carbonyl (C=O) groups is 1. The van der Waals surface area contributed by atoms with E-state index in [0.29, 0.717) is 12.8 Å². The van der Waals surface area contributed by atoms with Gasteiger partial charge in [-0.15, -0.1) is 0 Å². The molecule has 0 atom stereocenters. The van der Waals surface area contributed by atoms with Crippen LogP contribution in [0.3, 0.4) is 0 Å². The van der Waals surface area contributed by atoms with Gasteiger partial charge >= 0.3 is 11.2 Å². The minimum absolute atomic E-state index is 0.436. The molecule has 0 aromatic carbocycles. The van der Waals surface area contributed by atoms with Crippen molar-refractivity contribution in [2.24, 2.45) is 0 Å². The number of ether oxygens (including phenoxy) is 1. The Morgan fingerprint density at radius 3 is 2.43 bits per heavy atom. The average molecular weight is 225 g/mol. The lowest BCUT2D eigenvalue weighted by molar-refractivity contribution is -0.167. The van der Waals surface area contributed by atoms with Gasteiger partial charge in [0.2, 0.25) is 0 Å². The maximum Gasteiger partial charge on any atom is 0.387 e. The summed E-state index contributed by atoms with van der Waals surface area (Å²) < 4.78 is 39.4. The Morgan fingerprint density at radius 1 is 1.36 bits per heavy atom. The van der Waals surface area contributed by atoms with Crippen molar-refractivity contribution in [2.75, 3.05) is 0 Å². The van der Waals surface area contributed by atoms with Gasteiger partial charge < -0.3 is 9.29 Å². The molecule has 0 aliphatic heterocycles. The van der Waals surface area contributed by atoms with Crippen molar-refractivity contribution >= 4 is 18.0 Å². The molecule has 0 unspecified atom stereocenters. The average Bonchev–Trinajstić information content (AvgIpc) is 2.19. The molecule has 0 aromatic heterocycles. The van der Waals surface area contributed by atoms with Crippen LogP contribution in [0.25, 0.3) is 0 Å². The highest BCUT2D eigenvalue weighted by molar-refractivity contribution is 7.95. The fourth-order valence-corrected chi connectivity index (χ4v) is 1.55. The van der Waals surface area contributed by atoms with Gasteiger partial charge in [0.25, 0.3) is 0 Å². The predicted octanol–water partition coefficient (Wildman–Crippen LogP) is 2.32. The molecule has 6 heteroatoms. The Hall–Kier alpha value is -0.360. The van der Waals surface area contributed by atoms with Crippen LogP contribution < -0.4 is 0 Å². The molecule has 0 N–H and O–H groups in total. The van der Waals surface area contributed by atoms with Gasteiger partial charge in [0, 0.05) is 0 Å². The number of alkyl halides is 2.